The van der Waals surface area contributed by atoms with Gasteiger partial charge in [-0.2, -0.15) is 0 Å². The van der Waals surface area contributed by atoms with Gasteiger partial charge in [0.1, 0.15) is 0 Å². The molecule has 0 spiro atoms. The van der Waals surface area contributed by atoms with Crippen LogP contribution in [0.15, 0.2) is 54.6 Å². The predicted molar refractivity (Wildman–Crippen MR) is 88.4 cm³/mol. The third-order valence-electron chi connectivity index (χ3n) is 3.69. The zero-order valence-corrected chi connectivity index (χ0v) is 13.3. The van der Waals surface area contributed by atoms with Gasteiger partial charge in [-0.3, -0.25) is 0 Å². The molecule has 0 saturated carbocycles. The zero-order valence-electron chi connectivity index (χ0n) is 12.5. The van der Waals surface area contributed by atoms with E-state index in [1.807, 2.05) is 49.4 Å². The fourth-order valence-electron chi connectivity index (χ4n) is 2.35. The van der Waals surface area contributed by atoms with Crippen LogP contribution >= 0.6 is 11.6 Å². The minimum atomic E-state index is -0.209. The van der Waals surface area contributed by atoms with Gasteiger partial charge in [0, 0.05) is 16.6 Å². The van der Waals surface area contributed by atoms with Crippen LogP contribution in [-0.4, -0.2) is 6.04 Å². The van der Waals surface area contributed by atoms with Gasteiger partial charge in [0.2, 0.25) is 0 Å². The smallest absolute Gasteiger partial charge is 0.0998 e. The summed E-state index contributed by atoms with van der Waals surface area (Å²) < 4.78 is 6.25. The van der Waals surface area contributed by atoms with Gasteiger partial charge < -0.3 is 10.5 Å². The van der Waals surface area contributed by atoms with Gasteiger partial charge in [0.05, 0.1) is 12.2 Å². The number of benzene rings is 2. The highest BCUT2D eigenvalue weighted by Crippen LogP contribution is 2.33. The first-order valence-corrected chi connectivity index (χ1v) is 7.71. The Hall–Kier alpha value is -1.35. The lowest BCUT2D eigenvalue weighted by Crippen LogP contribution is -2.30. The molecule has 0 radical (unpaired) electrons. The standard InChI is InChI=1S/C18H22ClNO/c1-3-17(20)18(15-11-7-8-12-16(15)19)21-13(2)14-9-5-4-6-10-14/h4-13,17-18H,3,20H2,1-2H3. The third kappa shape index (κ3) is 4.07. The van der Waals surface area contributed by atoms with E-state index < -0.39 is 0 Å². The van der Waals surface area contributed by atoms with Crippen molar-refractivity contribution >= 4 is 11.6 Å². The van der Waals surface area contributed by atoms with Gasteiger partial charge in [0.25, 0.3) is 0 Å². The lowest BCUT2D eigenvalue weighted by Gasteiger charge is -2.28. The van der Waals surface area contributed by atoms with Crippen LogP contribution in [0.4, 0.5) is 0 Å². The molecule has 2 N–H and O–H groups in total. The van der Waals surface area contributed by atoms with Crippen molar-refractivity contribution in [3.63, 3.8) is 0 Å². The van der Waals surface area contributed by atoms with Gasteiger partial charge in [-0.15, -0.1) is 0 Å². The molecule has 2 rings (SSSR count). The van der Waals surface area contributed by atoms with Crippen molar-refractivity contribution in [3.05, 3.63) is 70.7 Å². The van der Waals surface area contributed by atoms with Crippen molar-refractivity contribution < 1.29 is 4.74 Å². The third-order valence-corrected chi connectivity index (χ3v) is 4.04. The second-order valence-corrected chi connectivity index (χ2v) is 5.61. The molecule has 2 nitrogen and oxygen atoms in total. The monoisotopic (exact) mass is 303 g/mol. The highest BCUT2D eigenvalue weighted by Gasteiger charge is 2.24. The van der Waals surface area contributed by atoms with E-state index in [0.29, 0.717) is 5.02 Å². The average Bonchev–Trinajstić information content (AvgIpc) is 2.53. The van der Waals surface area contributed by atoms with E-state index in [0.717, 1.165) is 17.5 Å². The minimum absolute atomic E-state index is 0.0370. The summed E-state index contributed by atoms with van der Waals surface area (Å²) in [4.78, 5) is 0. The Labute approximate surface area is 131 Å². The van der Waals surface area contributed by atoms with Gasteiger partial charge in [-0.05, 0) is 25.0 Å². The number of halogens is 1. The molecule has 3 unspecified atom stereocenters. The molecule has 3 atom stereocenters. The van der Waals surface area contributed by atoms with Crippen LogP contribution in [0.3, 0.4) is 0 Å². The van der Waals surface area contributed by atoms with Gasteiger partial charge in [-0.25, -0.2) is 0 Å². The molecular formula is C18H22ClNO. The highest BCUT2D eigenvalue weighted by atomic mass is 35.5. The van der Waals surface area contributed by atoms with Crippen molar-refractivity contribution in [1.82, 2.24) is 0 Å². The first-order valence-electron chi connectivity index (χ1n) is 7.34. The van der Waals surface area contributed by atoms with Crippen molar-refractivity contribution in [2.24, 2.45) is 5.73 Å². The SMILES string of the molecule is CCC(N)C(OC(C)c1ccccc1)c1ccccc1Cl. The largest absolute Gasteiger partial charge is 0.364 e. The number of hydrogen-bond acceptors (Lipinski definition) is 2. The van der Waals surface area contributed by atoms with Crippen LogP contribution in [0, 0.1) is 0 Å². The van der Waals surface area contributed by atoms with E-state index in [1.54, 1.807) is 0 Å². The summed E-state index contributed by atoms with van der Waals surface area (Å²) in [5, 5.41) is 0.701. The van der Waals surface area contributed by atoms with E-state index in [4.69, 9.17) is 22.1 Å². The van der Waals surface area contributed by atoms with Crippen LogP contribution in [0.1, 0.15) is 43.6 Å². The Morgan fingerprint density at radius 3 is 2.29 bits per heavy atom. The van der Waals surface area contributed by atoms with Crippen molar-refractivity contribution in [2.75, 3.05) is 0 Å². The average molecular weight is 304 g/mol. The Bertz CT molecular complexity index is 558. The molecule has 0 fully saturated rings. The molecule has 0 aliphatic carbocycles. The molecule has 0 aliphatic heterocycles. The number of hydrogen-bond donors (Lipinski definition) is 1. The van der Waals surface area contributed by atoms with Crippen molar-refractivity contribution in [2.45, 2.75) is 38.5 Å². The normalized spacial score (nSPS) is 15.4. The summed E-state index contributed by atoms with van der Waals surface area (Å²) in [7, 11) is 0. The molecular weight excluding hydrogens is 282 g/mol. The molecule has 21 heavy (non-hydrogen) atoms. The van der Waals surface area contributed by atoms with E-state index in [-0.39, 0.29) is 18.2 Å². The van der Waals surface area contributed by atoms with Crippen LogP contribution in [0.25, 0.3) is 0 Å². The maximum Gasteiger partial charge on any atom is 0.0998 e. The Kier molecular flexibility index (Phi) is 5.80. The van der Waals surface area contributed by atoms with E-state index in [1.165, 1.54) is 0 Å². The van der Waals surface area contributed by atoms with Gasteiger partial charge in [0.15, 0.2) is 0 Å². The first-order chi connectivity index (χ1) is 10.1. The quantitative estimate of drug-likeness (QED) is 0.824. The summed E-state index contributed by atoms with van der Waals surface area (Å²) in [6.07, 6.45) is 0.584. The molecule has 0 saturated heterocycles. The Balaban J connectivity index is 2.24. The molecule has 2 aromatic carbocycles. The first kappa shape index (κ1) is 16.0. The summed E-state index contributed by atoms with van der Waals surface area (Å²) in [6, 6.07) is 17.8. The molecule has 0 amide bonds. The van der Waals surface area contributed by atoms with Crippen molar-refractivity contribution in [1.29, 1.82) is 0 Å². The maximum absolute atomic E-state index is 6.31. The maximum atomic E-state index is 6.31. The summed E-state index contributed by atoms with van der Waals surface area (Å²) in [6.45, 7) is 4.10. The zero-order chi connectivity index (χ0) is 15.2. The highest BCUT2D eigenvalue weighted by molar-refractivity contribution is 6.31. The lowest BCUT2D eigenvalue weighted by atomic mass is 10.00. The molecule has 0 aromatic heterocycles. The topological polar surface area (TPSA) is 35.2 Å². The van der Waals surface area contributed by atoms with Gasteiger partial charge in [-0.1, -0.05) is 67.1 Å². The fraction of sp³-hybridized carbons (Fsp3) is 0.333. The fourth-order valence-corrected chi connectivity index (χ4v) is 2.59. The van der Waals surface area contributed by atoms with Crippen LogP contribution < -0.4 is 5.73 Å². The summed E-state index contributed by atoms with van der Waals surface area (Å²) >= 11 is 6.31. The Morgan fingerprint density at radius 1 is 1.05 bits per heavy atom. The molecule has 0 aliphatic rings. The van der Waals surface area contributed by atoms with Gasteiger partial charge >= 0.3 is 0 Å². The van der Waals surface area contributed by atoms with Crippen LogP contribution in [0.5, 0.6) is 0 Å². The molecule has 0 bridgehead atoms. The molecule has 112 valence electrons. The second-order valence-electron chi connectivity index (χ2n) is 5.20. The van der Waals surface area contributed by atoms with E-state index in [2.05, 4.69) is 19.1 Å². The minimum Gasteiger partial charge on any atom is -0.364 e. The lowest BCUT2D eigenvalue weighted by molar-refractivity contribution is -0.0198. The number of nitrogens with two attached hydrogens (primary N) is 1. The van der Waals surface area contributed by atoms with E-state index >= 15 is 0 Å². The molecule has 3 heteroatoms. The van der Waals surface area contributed by atoms with E-state index in [9.17, 15) is 0 Å². The molecule has 2 aromatic rings. The summed E-state index contributed by atoms with van der Waals surface area (Å²) in [5.74, 6) is 0. The van der Waals surface area contributed by atoms with Crippen LogP contribution in [-0.2, 0) is 4.74 Å². The summed E-state index contributed by atoms with van der Waals surface area (Å²) in [5.41, 5.74) is 8.35. The number of ether oxygens (including phenoxy) is 1. The predicted octanol–water partition coefficient (Wildman–Crippen LogP) is 4.90. The second kappa shape index (κ2) is 7.60. The Morgan fingerprint density at radius 2 is 1.67 bits per heavy atom. The van der Waals surface area contributed by atoms with Crippen molar-refractivity contribution in [3.8, 4) is 0 Å². The molecule has 0 heterocycles. The van der Waals surface area contributed by atoms with Crippen LogP contribution in [0.2, 0.25) is 5.02 Å². The number of rotatable bonds is 6.